The van der Waals surface area contributed by atoms with E-state index in [2.05, 4.69) is 6.58 Å². The maximum atomic E-state index is 14.4. The van der Waals surface area contributed by atoms with Gasteiger partial charge in [0.2, 0.25) is 0 Å². The van der Waals surface area contributed by atoms with E-state index in [0.717, 1.165) is 18.4 Å². The minimum atomic E-state index is -1.78. The molecule has 3 heterocycles. The number of fused-ring (bicyclic) bond motifs is 2. The second-order valence-corrected chi connectivity index (χ2v) is 9.87. The van der Waals surface area contributed by atoms with E-state index < -0.39 is 28.9 Å². The van der Waals surface area contributed by atoms with E-state index in [1.165, 1.54) is 4.90 Å². The number of anilines is 1. The number of hydrogen-bond donors (Lipinski definition) is 1. The zero-order valence-corrected chi connectivity index (χ0v) is 21.7. The number of benzene rings is 2. The van der Waals surface area contributed by atoms with Gasteiger partial charge in [-0.3, -0.25) is 14.4 Å². The topological polar surface area (TPSA) is 96.4 Å². The van der Waals surface area contributed by atoms with Gasteiger partial charge in [0, 0.05) is 30.8 Å². The van der Waals surface area contributed by atoms with E-state index in [4.69, 9.17) is 9.47 Å². The summed E-state index contributed by atoms with van der Waals surface area (Å²) in [5.41, 5.74) is 0.206. The van der Waals surface area contributed by atoms with Gasteiger partial charge in [0.1, 0.15) is 18.1 Å². The molecule has 0 radical (unpaired) electrons. The molecule has 2 atom stereocenters. The fourth-order valence-electron chi connectivity index (χ4n) is 5.81. The van der Waals surface area contributed by atoms with Gasteiger partial charge in [-0.2, -0.15) is 0 Å². The lowest BCUT2D eigenvalue weighted by Crippen LogP contribution is -2.53. The van der Waals surface area contributed by atoms with Crippen molar-refractivity contribution in [3.8, 4) is 5.75 Å². The minimum Gasteiger partial charge on any atom is -0.507 e. The molecule has 2 amide bonds. The number of aliphatic hydroxyl groups is 1. The highest BCUT2D eigenvalue weighted by Gasteiger charge is 2.67. The fourth-order valence-corrected chi connectivity index (χ4v) is 5.81. The maximum absolute atomic E-state index is 14.4. The van der Waals surface area contributed by atoms with Crippen molar-refractivity contribution in [1.29, 1.82) is 0 Å². The van der Waals surface area contributed by atoms with E-state index in [0.29, 0.717) is 48.7 Å². The van der Waals surface area contributed by atoms with Crippen molar-refractivity contribution in [2.45, 2.75) is 44.8 Å². The number of aliphatic hydroxyl groups excluding tert-OH is 1. The summed E-state index contributed by atoms with van der Waals surface area (Å²) in [7, 11) is 0. The molecule has 2 fully saturated rings. The molecule has 1 spiro atoms. The summed E-state index contributed by atoms with van der Waals surface area (Å²) in [5, 5.41) is 11.7. The Bertz CT molecular complexity index is 1340. The van der Waals surface area contributed by atoms with Crippen molar-refractivity contribution in [2.24, 2.45) is 0 Å². The van der Waals surface area contributed by atoms with Crippen LogP contribution in [0.15, 0.2) is 60.7 Å². The summed E-state index contributed by atoms with van der Waals surface area (Å²) in [6, 6.07) is 12.2. The van der Waals surface area contributed by atoms with Crippen LogP contribution in [0.1, 0.15) is 42.9 Å². The standard InChI is InChI=1S/C30H32N2O6/c1-4-14-31-23-11-7-6-10-22(23)30(29(31)36)25(27(34)28(35)32(30)18-21-9-8-16-37-21)26(33)20-12-13-24(19(3)17-20)38-15-5-2/h5-7,10-13,17,21,33H,2,4,8-9,14-16,18H2,1,3H3/t21-,30+/m0/s1. The van der Waals surface area contributed by atoms with Crippen molar-refractivity contribution in [3.05, 3.63) is 77.4 Å². The number of carbonyl (C=O) groups is 3. The second-order valence-electron chi connectivity index (χ2n) is 9.87. The Labute approximate surface area is 222 Å². The van der Waals surface area contributed by atoms with E-state index in [1.807, 2.05) is 26.0 Å². The van der Waals surface area contributed by atoms with Gasteiger partial charge in [0.15, 0.2) is 5.54 Å². The summed E-state index contributed by atoms with van der Waals surface area (Å²) in [6.07, 6.45) is 3.58. The highest BCUT2D eigenvalue weighted by molar-refractivity contribution is 6.50. The molecule has 2 aromatic carbocycles. The molecule has 2 aromatic rings. The molecule has 8 nitrogen and oxygen atoms in total. The Morgan fingerprint density at radius 3 is 2.71 bits per heavy atom. The number of Topliss-reactive ketones (excluding diaryl/α,β-unsaturated/α-hetero) is 1. The lowest BCUT2D eigenvalue weighted by Gasteiger charge is -2.35. The summed E-state index contributed by atoms with van der Waals surface area (Å²) in [5.74, 6) is -1.90. The van der Waals surface area contributed by atoms with Crippen LogP contribution in [0.2, 0.25) is 0 Å². The van der Waals surface area contributed by atoms with Crippen LogP contribution in [0, 0.1) is 6.92 Å². The summed E-state index contributed by atoms with van der Waals surface area (Å²) in [4.78, 5) is 44.7. The van der Waals surface area contributed by atoms with Crippen LogP contribution in [0.5, 0.6) is 5.75 Å². The van der Waals surface area contributed by atoms with Crippen molar-refractivity contribution in [1.82, 2.24) is 4.90 Å². The third-order valence-electron chi connectivity index (χ3n) is 7.47. The van der Waals surface area contributed by atoms with Crippen LogP contribution >= 0.6 is 0 Å². The van der Waals surface area contributed by atoms with Crippen molar-refractivity contribution in [2.75, 3.05) is 31.2 Å². The van der Waals surface area contributed by atoms with Crippen molar-refractivity contribution < 1.29 is 29.0 Å². The van der Waals surface area contributed by atoms with Gasteiger partial charge in [-0.25, -0.2) is 0 Å². The number of likely N-dealkylation sites (tertiary alicyclic amines) is 1. The molecular formula is C30H32N2O6. The molecule has 0 saturated carbocycles. The first-order valence-corrected chi connectivity index (χ1v) is 13.0. The average molecular weight is 517 g/mol. The number of ether oxygens (including phenoxy) is 2. The van der Waals surface area contributed by atoms with Crippen LogP contribution in [-0.4, -0.2) is 60.0 Å². The van der Waals surface area contributed by atoms with Gasteiger partial charge in [-0.05, 0) is 56.0 Å². The number of rotatable bonds is 8. The number of hydrogen-bond acceptors (Lipinski definition) is 6. The van der Waals surface area contributed by atoms with Gasteiger partial charge in [-0.15, -0.1) is 0 Å². The number of amides is 2. The number of aryl methyl sites for hydroxylation is 1. The minimum absolute atomic E-state index is 0.0781. The highest BCUT2D eigenvalue weighted by atomic mass is 16.5. The lowest BCUT2D eigenvalue weighted by atomic mass is 9.81. The molecule has 5 rings (SSSR count). The van der Waals surface area contributed by atoms with E-state index >= 15 is 0 Å². The maximum Gasteiger partial charge on any atom is 0.296 e. The fraction of sp³-hybridized carbons (Fsp3) is 0.367. The Hall–Kier alpha value is -3.91. The zero-order chi connectivity index (χ0) is 27.0. The second kappa shape index (κ2) is 10.1. The average Bonchev–Trinajstić information content (AvgIpc) is 3.58. The van der Waals surface area contributed by atoms with Crippen molar-refractivity contribution in [3.63, 3.8) is 0 Å². The van der Waals surface area contributed by atoms with Crippen LogP contribution in [0.4, 0.5) is 5.69 Å². The smallest absolute Gasteiger partial charge is 0.296 e. The monoisotopic (exact) mass is 516 g/mol. The van der Waals surface area contributed by atoms with Crippen LogP contribution in [0.3, 0.4) is 0 Å². The largest absolute Gasteiger partial charge is 0.507 e. The quantitative estimate of drug-likeness (QED) is 0.246. The molecule has 3 aliphatic heterocycles. The molecular weight excluding hydrogens is 484 g/mol. The van der Waals surface area contributed by atoms with Gasteiger partial charge in [0.25, 0.3) is 17.6 Å². The number of para-hydroxylation sites is 1. The van der Waals surface area contributed by atoms with Crippen LogP contribution < -0.4 is 9.64 Å². The molecule has 1 N–H and O–H groups in total. The summed E-state index contributed by atoms with van der Waals surface area (Å²) < 4.78 is 11.5. The molecule has 198 valence electrons. The third kappa shape index (κ3) is 3.82. The first-order chi connectivity index (χ1) is 18.4. The van der Waals surface area contributed by atoms with Gasteiger partial charge in [0.05, 0.1) is 17.4 Å². The molecule has 0 bridgehead atoms. The Kier molecular flexibility index (Phi) is 6.84. The van der Waals surface area contributed by atoms with E-state index in [9.17, 15) is 19.5 Å². The van der Waals surface area contributed by atoms with Gasteiger partial charge in [-0.1, -0.05) is 37.8 Å². The molecule has 38 heavy (non-hydrogen) atoms. The normalized spacial score (nSPS) is 23.9. The molecule has 0 unspecified atom stereocenters. The lowest BCUT2D eigenvalue weighted by molar-refractivity contribution is -0.145. The summed E-state index contributed by atoms with van der Waals surface area (Å²) >= 11 is 0. The van der Waals surface area contributed by atoms with Gasteiger partial charge < -0.3 is 24.4 Å². The first-order valence-electron chi connectivity index (χ1n) is 13.0. The van der Waals surface area contributed by atoms with E-state index in [1.54, 1.807) is 41.3 Å². The van der Waals surface area contributed by atoms with Gasteiger partial charge >= 0.3 is 0 Å². The van der Waals surface area contributed by atoms with E-state index in [-0.39, 0.29) is 18.2 Å². The van der Waals surface area contributed by atoms with Crippen LogP contribution in [-0.2, 0) is 24.7 Å². The zero-order valence-electron chi connectivity index (χ0n) is 21.7. The number of nitrogens with zero attached hydrogens (tertiary/aromatic N) is 2. The molecule has 0 aromatic heterocycles. The number of ketones is 1. The number of carbonyl (C=O) groups excluding carboxylic acids is 3. The van der Waals surface area contributed by atoms with Crippen LogP contribution in [0.25, 0.3) is 5.76 Å². The predicted octanol–water partition coefficient (Wildman–Crippen LogP) is 4.07. The highest BCUT2D eigenvalue weighted by Crippen LogP contribution is 2.54. The summed E-state index contributed by atoms with van der Waals surface area (Å²) in [6.45, 7) is 8.81. The third-order valence-corrected chi connectivity index (χ3v) is 7.47. The Morgan fingerprint density at radius 1 is 1.24 bits per heavy atom. The SMILES string of the molecule is C=CCOc1ccc(C(O)=C2C(=O)C(=O)N(C[C@@H]3CCCO3)[C@@]23C(=O)N(CCC)c2ccccc23)cc1C. The predicted molar refractivity (Wildman–Crippen MR) is 143 cm³/mol. The Balaban J connectivity index is 1.73. The molecule has 3 aliphatic rings. The molecule has 2 saturated heterocycles. The molecule has 0 aliphatic carbocycles. The molecule has 8 heteroatoms. The Morgan fingerprint density at radius 2 is 2.03 bits per heavy atom. The first kappa shape index (κ1) is 25.7. The van der Waals surface area contributed by atoms with Crippen molar-refractivity contribution >= 4 is 29.0 Å².